The van der Waals surface area contributed by atoms with Gasteiger partial charge in [-0.1, -0.05) is 0 Å². The van der Waals surface area contributed by atoms with Crippen LogP contribution in [-0.4, -0.2) is 30.4 Å². The number of aliphatic hydroxyl groups is 1. The topological polar surface area (TPSA) is 76.0 Å². The largest absolute Gasteiger partial charge is 0.496 e. The molecule has 0 amide bonds. The molecule has 6 heteroatoms. The summed E-state index contributed by atoms with van der Waals surface area (Å²) in [5.74, 6) is 0.0952. The molecule has 0 aliphatic rings. The van der Waals surface area contributed by atoms with Crippen molar-refractivity contribution in [2.24, 2.45) is 0 Å². The standard InChI is InChI=1S/C12H15BrO5/c1-17-10-6-8(13)11(18-2)5-7(10)9(14)3-4-12(15)16/h5-6,9,14H,3-4H2,1-2H3,(H,15,16). The number of hydrogen-bond acceptors (Lipinski definition) is 4. The predicted octanol–water partition coefficient (Wildman–Crippen LogP) is 2.36. The summed E-state index contributed by atoms with van der Waals surface area (Å²) in [4.78, 5) is 10.5. The predicted molar refractivity (Wildman–Crippen MR) is 69.1 cm³/mol. The molecule has 0 aromatic heterocycles. The minimum Gasteiger partial charge on any atom is -0.496 e. The quantitative estimate of drug-likeness (QED) is 0.842. The van der Waals surface area contributed by atoms with E-state index in [4.69, 9.17) is 14.6 Å². The first-order chi connectivity index (χ1) is 8.49. The maximum absolute atomic E-state index is 10.5. The highest BCUT2D eigenvalue weighted by Gasteiger charge is 2.17. The van der Waals surface area contributed by atoms with Crippen LogP contribution in [0.1, 0.15) is 24.5 Å². The number of halogens is 1. The molecule has 1 aromatic carbocycles. The normalized spacial score (nSPS) is 12.0. The number of ether oxygens (including phenoxy) is 2. The van der Waals surface area contributed by atoms with Gasteiger partial charge in [-0.15, -0.1) is 0 Å². The van der Waals surface area contributed by atoms with Crippen molar-refractivity contribution < 1.29 is 24.5 Å². The van der Waals surface area contributed by atoms with E-state index in [1.165, 1.54) is 14.2 Å². The second kappa shape index (κ2) is 6.61. The van der Waals surface area contributed by atoms with Gasteiger partial charge in [0.15, 0.2) is 0 Å². The third-order valence-electron chi connectivity index (χ3n) is 2.49. The SMILES string of the molecule is COc1cc(C(O)CCC(=O)O)c(OC)cc1Br. The van der Waals surface area contributed by atoms with E-state index in [9.17, 15) is 9.90 Å². The van der Waals surface area contributed by atoms with Gasteiger partial charge in [-0.2, -0.15) is 0 Å². The summed E-state index contributed by atoms with van der Waals surface area (Å²) in [7, 11) is 3.00. The summed E-state index contributed by atoms with van der Waals surface area (Å²) in [6, 6.07) is 3.31. The van der Waals surface area contributed by atoms with Gasteiger partial charge in [0.25, 0.3) is 0 Å². The third kappa shape index (κ3) is 3.61. The van der Waals surface area contributed by atoms with Crippen LogP contribution in [0, 0.1) is 0 Å². The fourth-order valence-corrected chi connectivity index (χ4v) is 2.04. The van der Waals surface area contributed by atoms with E-state index in [2.05, 4.69) is 15.9 Å². The Labute approximate surface area is 113 Å². The highest BCUT2D eigenvalue weighted by Crippen LogP contribution is 2.37. The summed E-state index contributed by atoms with van der Waals surface area (Å²) in [6.07, 6.45) is -0.892. The monoisotopic (exact) mass is 318 g/mol. The van der Waals surface area contributed by atoms with E-state index < -0.39 is 12.1 Å². The van der Waals surface area contributed by atoms with Gasteiger partial charge in [0, 0.05) is 12.0 Å². The van der Waals surface area contributed by atoms with Crippen molar-refractivity contribution in [2.45, 2.75) is 18.9 Å². The number of carboxylic acid groups (broad SMARTS) is 1. The number of hydrogen-bond donors (Lipinski definition) is 2. The molecule has 0 spiro atoms. The molecule has 1 aromatic rings. The van der Waals surface area contributed by atoms with Crippen LogP contribution in [0.15, 0.2) is 16.6 Å². The number of rotatable bonds is 6. The molecule has 0 heterocycles. The van der Waals surface area contributed by atoms with E-state index in [-0.39, 0.29) is 12.8 Å². The first-order valence-electron chi connectivity index (χ1n) is 5.30. The summed E-state index contributed by atoms with van der Waals surface area (Å²) in [5, 5.41) is 18.6. The molecule has 1 unspecified atom stereocenters. The maximum atomic E-state index is 10.5. The Balaban J connectivity index is 3.01. The Hall–Kier alpha value is -1.27. The van der Waals surface area contributed by atoms with E-state index >= 15 is 0 Å². The summed E-state index contributed by atoms with van der Waals surface area (Å²) in [5.41, 5.74) is 0.513. The van der Waals surface area contributed by atoms with E-state index in [0.717, 1.165) is 0 Å². The van der Waals surface area contributed by atoms with Crippen molar-refractivity contribution in [3.63, 3.8) is 0 Å². The zero-order valence-electron chi connectivity index (χ0n) is 10.1. The van der Waals surface area contributed by atoms with E-state index in [1.807, 2.05) is 0 Å². The zero-order valence-corrected chi connectivity index (χ0v) is 11.7. The van der Waals surface area contributed by atoms with Crippen molar-refractivity contribution in [1.29, 1.82) is 0 Å². The van der Waals surface area contributed by atoms with E-state index in [1.54, 1.807) is 12.1 Å². The van der Waals surface area contributed by atoms with Crippen molar-refractivity contribution in [2.75, 3.05) is 14.2 Å². The maximum Gasteiger partial charge on any atom is 0.303 e. The molecule has 2 N–H and O–H groups in total. The van der Waals surface area contributed by atoms with Gasteiger partial charge in [-0.05, 0) is 34.5 Å². The smallest absolute Gasteiger partial charge is 0.303 e. The number of aliphatic hydroxyl groups excluding tert-OH is 1. The Kier molecular flexibility index (Phi) is 5.43. The average molecular weight is 319 g/mol. The minimum absolute atomic E-state index is 0.108. The molecule has 5 nitrogen and oxygen atoms in total. The van der Waals surface area contributed by atoms with Gasteiger partial charge in [0.05, 0.1) is 24.8 Å². The molecule has 0 aliphatic heterocycles. The molecule has 1 atom stereocenters. The average Bonchev–Trinajstić information content (AvgIpc) is 2.35. The van der Waals surface area contributed by atoms with Crippen LogP contribution in [0.2, 0.25) is 0 Å². The van der Waals surface area contributed by atoms with Crippen molar-refractivity contribution in [3.05, 3.63) is 22.2 Å². The van der Waals surface area contributed by atoms with Crippen LogP contribution in [0.3, 0.4) is 0 Å². The number of benzene rings is 1. The van der Waals surface area contributed by atoms with Gasteiger partial charge in [0.2, 0.25) is 0 Å². The van der Waals surface area contributed by atoms with Gasteiger partial charge in [0.1, 0.15) is 11.5 Å². The summed E-state index contributed by atoms with van der Waals surface area (Å²) >= 11 is 3.31. The third-order valence-corrected chi connectivity index (χ3v) is 3.11. The van der Waals surface area contributed by atoms with Gasteiger partial charge in [-0.3, -0.25) is 4.79 Å². The number of carboxylic acids is 1. The lowest BCUT2D eigenvalue weighted by Crippen LogP contribution is -2.05. The van der Waals surface area contributed by atoms with Gasteiger partial charge >= 0.3 is 5.97 Å². The fraction of sp³-hybridized carbons (Fsp3) is 0.417. The first kappa shape index (κ1) is 14.8. The lowest BCUT2D eigenvalue weighted by molar-refractivity contribution is -0.137. The van der Waals surface area contributed by atoms with Crippen LogP contribution < -0.4 is 9.47 Å². The molecule has 100 valence electrons. The van der Waals surface area contributed by atoms with Crippen LogP contribution in [0.25, 0.3) is 0 Å². The lowest BCUT2D eigenvalue weighted by Gasteiger charge is -2.16. The van der Waals surface area contributed by atoms with Crippen LogP contribution in [0.4, 0.5) is 0 Å². The summed E-state index contributed by atoms with van der Waals surface area (Å²) in [6.45, 7) is 0. The lowest BCUT2D eigenvalue weighted by atomic mass is 10.0. The van der Waals surface area contributed by atoms with Gasteiger partial charge < -0.3 is 19.7 Å². The zero-order chi connectivity index (χ0) is 13.7. The highest BCUT2D eigenvalue weighted by molar-refractivity contribution is 9.10. The Bertz CT molecular complexity index is 433. The molecular formula is C12H15BrO5. The number of aliphatic carboxylic acids is 1. The molecular weight excluding hydrogens is 304 g/mol. The van der Waals surface area contributed by atoms with Crippen LogP contribution in [0.5, 0.6) is 11.5 Å². The number of methoxy groups -OCH3 is 2. The molecule has 1 rings (SSSR count). The Morgan fingerprint density at radius 3 is 2.44 bits per heavy atom. The Morgan fingerprint density at radius 2 is 1.94 bits per heavy atom. The van der Waals surface area contributed by atoms with Gasteiger partial charge in [-0.25, -0.2) is 0 Å². The molecule has 0 saturated carbocycles. The molecule has 18 heavy (non-hydrogen) atoms. The fourth-order valence-electron chi connectivity index (χ4n) is 1.56. The van der Waals surface area contributed by atoms with Crippen molar-refractivity contribution >= 4 is 21.9 Å². The highest BCUT2D eigenvalue weighted by atomic mass is 79.9. The summed E-state index contributed by atoms with van der Waals surface area (Å²) < 4.78 is 11.0. The second-order valence-corrected chi connectivity index (χ2v) is 4.53. The first-order valence-corrected chi connectivity index (χ1v) is 6.10. The molecule has 0 saturated heterocycles. The molecule has 0 aliphatic carbocycles. The Morgan fingerprint density at radius 1 is 1.33 bits per heavy atom. The minimum atomic E-state index is -0.947. The molecule has 0 radical (unpaired) electrons. The van der Waals surface area contributed by atoms with Crippen molar-refractivity contribution in [3.8, 4) is 11.5 Å². The van der Waals surface area contributed by atoms with Crippen LogP contribution in [-0.2, 0) is 4.79 Å². The van der Waals surface area contributed by atoms with E-state index in [0.29, 0.717) is 21.5 Å². The molecule has 0 fully saturated rings. The number of carbonyl (C=O) groups is 1. The second-order valence-electron chi connectivity index (χ2n) is 3.68. The molecule has 0 bridgehead atoms. The van der Waals surface area contributed by atoms with Crippen LogP contribution >= 0.6 is 15.9 Å². The van der Waals surface area contributed by atoms with Crippen molar-refractivity contribution in [1.82, 2.24) is 0 Å².